The first-order chi connectivity index (χ1) is 9.65. The summed E-state index contributed by atoms with van der Waals surface area (Å²) >= 11 is 6.37. The van der Waals surface area contributed by atoms with E-state index in [1.807, 2.05) is 20.0 Å². The first-order valence-electron chi connectivity index (χ1n) is 7.14. The maximum Gasteiger partial charge on any atom is 0.180 e. The molecule has 2 aromatic rings. The van der Waals surface area contributed by atoms with Gasteiger partial charge in [0.2, 0.25) is 0 Å². The molecule has 0 radical (unpaired) electrons. The molecule has 2 heterocycles. The number of aryl methyl sites for hydroxylation is 3. The van der Waals surface area contributed by atoms with Gasteiger partial charge in [-0.05, 0) is 50.7 Å². The van der Waals surface area contributed by atoms with Crippen molar-refractivity contribution in [2.75, 3.05) is 0 Å². The van der Waals surface area contributed by atoms with Gasteiger partial charge in [-0.25, -0.2) is 9.97 Å². The van der Waals surface area contributed by atoms with Crippen LogP contribution in [-0.2, 0) is 12.8 Å². The van der Waals surface area contributed by atoms with Crippen molar-refractivity contribution in [3.05, 3.63) is 39.8 Å². The zero-order valence-corrected chi connectivity index (χ0v) is 12.7. The first-order valence-corrected chi connectivity index (χ1v) is 7.52. The molecule has 2 aromatic heterocycles. The van der Waals surface area contributed by atoms with Crippen LogP contribution in [0.15, 0.2) is 12.3 Å². The van der Waals surface area contributed by atoms with Crippen LogP contribution in [0, 0.1) is 13.8 Å². The fourth-order valence-electron chi connectivity index (χ4n) is 2.78. The summed E-state index contributed by atoms with van der Waals surface area (Å²) < 4.78 is 0. The van der Waals surface area contributed by atoms with Gasteiger partial charge in [-0.15, -0.1) is 0 Å². The largest absolute Gasteiger partial charge is 0.252 e. The summed E-state index contributed by atoms with van der Waals surface area (Å²) in [6, 6.07) is 2.10. The third kappa shape index (κ3) is 2.55. The zero-order valence-electron chi connectivity index (χ0n) is 11.9. The van der Waals surface area contributed by atoms with Gasteiger partial charge < -0.3 is 0 Å². The Bertz CT molecular complexity index is 652. The van der Waals surface area contributed by atoms with E-state index in [-0.39, 0.29) is 0 Å². The Morgan fingerprint density at radius 3 is 2.65 bits per heavy atom. The van der Waals surface area contributed by atoms with E-state index in [4.69, 9.17) is 16.6 Å². The van der Waals surface area contributed by atoms with Crippen LogP contribution >= 0.6 is 11.6 Å². The number of hydrogen-bond donors (Lipinski definition) is 0. The number of rotatable bonds is 1. The van der Waals surface area contributed by atoms with E-state index >= 15 is 0 Å². The summed E-state index contributed by atoms with van der Waals surface area (Å²) in [5.74, 6) is 0.660. The quantitative estimate of drug-likeness (QED) is 0.586. The summed E-state index contributed by atoms with van der Waals surface area (Å²) in [5.41, 5.74) is 5.32. The van der Waals surface area contributed by atoms with Crippen LogP contribution in [0.4, 0.5) is 0 Å². The van der Waals surface area contributed by atoms with Crippen molar-refractivity contribution >= 4 is 11.6 Å². The minimum atomic E-state index is 0.605. The van der Waals surface area contributed by atoms with Crippen molar-refractivity contribution in [2.45, 2.75) is 46.0 Å². The highest BCUT2D eigenvalue weighted by Crippen LogP contribution is 2.28. The summed E-state index contributed by atoms with van der Waals surface area (Å²) in [6.07, 6.45) is 7.44. The highest BCUT2D eigenvalue weighted by molar-refractivity contribution is 6.30. The Labute approximate surface area is 124 Å². The van der Waals surface area contributed by atoms with Gasteiger partial charge in [0, 0.05) is 17.5 Å². The van der Waals surface area contributed by atoms with Crippen LogP contribution in [0.5, 0.6) is 0 Å². The molecule has 20 heavy (non-hydrogen) atoms. The van der Waals surface area contributed by atoms with E-state index in [2.05, 4.69) is 16.0 Å². The lowest BCUT2D eigenvalue weighted by atomic mass is 10.1. The van der Waals surface area contributed by atoms with Gasteiger partial charge in [0.05, 0.1) is 0 Å². The van der Waals surface area contributed by atoms with Gasteiger partial charge in [0.1, 0.15) is 10.8 Å². The molecule has 0 unspecified atom stereocenters. The second-order valence-electron chi connectivity index (χ2n) is 5.50. The highest BCUT2D eigenvalue weighted by atomic mass is 35.5. The summed E-state index contributed by atoms with van der Waals surface area (Å²) in [5, 5.41) is 0.605. The van der Waals surface area contributed by atoms with E-state index in [0.29, 0.717) is 11.0 Å². The Morgan fingerprint density at radius 1 is 1.05 bits per heavy atom. The SMILES string of the molecule is Cc1cnc(-c2nc(Cl)c3c(n2)CCCCC3)c(C)c1. The number of pyridine rings is 1. The van der Waals surface area contributed by atoms with Crippen molar-refractivity contribution in [1.29, 1.82) is 0 Å². The monoisotopic (exact) mass is 287 g/mol. The Balaban J connectivity index is 2.11. The summed E-state index contributed by atoms with van der Waals surface area (Å²) in [4.78, 5) is 13.7. The predicted octanol–water partition coefficient (Wildman–Crippen LogP) is 4.08. The highest BCUT2D eigenvalue weighted by Gasteiger charge is 2.17. The lowest BCUT2D eigenvalue weighted by molar-refractivity contribution is 0.709. The van der Waals surface area contributed by atoms with E-state index < -0.39 is 0 Å². The normalized spacial score (nSPS) is 14.8. The van der Waals surface area contributed by atoms with Crippen LogP contribution in [0.1, 0.15) is 41.6 Å². The van der Waals surface area contributed by atoms with Crippen molar-refractivity contribution in [2.24, 2.45) is 0 Å². The average molecular weight is 288 g/mol. The van der Waals surface area contributed by atoms with Crippen molar-refractivity contribution in [3.63, 3.8) is 0 Å². The third-order valence-electron chi connectivity index (χ3n) is 3.81. The molecule has 0 saturated heterocycles. The molecule has 104 valence electrons. The van der Waals surface area contributed by atoms with Gasteiger partial charge in [0.15, 0.2) is 5.82 Å². The molecule has 0 saturated carbocycles. The maximum absolute atomic E-state index is 6.37. The van der Waals surface area contributed by atoms with Crippen molar-refractivity contribution < 1.29 is 0 Å². The average Bonchev–Trinajstić information content (AvgIpc) is 2.64. The first kappa shape index (κ1) is 13.5. The molecule has 4 heteroatoms. The number of halogens is 1. The Kier molecular flexibility index (Phi) is 3.70. The van der Waals surface area contributed by atoms with Crippen LogP contribution in [0.2, 0.25) is 5.15 Å². The lowest BCUT2D eigenvalue weighted by Crippen LogP contribution is -2.04. The standard InChI is InChI=1S/C16H18ClN3/c1-10-8-11(2)14(18-9-10)16-19-13-7-5-3-4-6-12(13)15(17)20-16/h8-9H,3-7H2,1-2H3. The predicted molar refractivity (Wildman–Crippen MR) is 81.0 cm³/mol. The van der Waals surface area contributed by atoms with Gasteiger partial charge in [-0.1, -0.05) is 24.1 Å². The summed E-state index contributed by atoms with van der Waals surface area (Å²) in [7, 11) is 0. The van der Waals surface area contributed by atoms with Crippen LogP contribution in [0.25, 0.3) is 11.5 Å². The number of aromatic nitrogens is 3. The molecule has 0 aliphatic heterocycles. The molecular weight excluding hydrogens is 270 g/mol. The molecule has 0 fully saturated rings. The van der Waals surface area contributed by atoms with E-state index in [9.17, 15) is 0 Å². The van der Waals surface area contributed by atoms with E-state index in [1.54, 1.807) is 0 Å². The Morgan fingerprint density at radius 2 is 1.85 bits per heavy atom. The lowest BCUT2D eigenvalue weighted by Gasteiger charge is -2.10. The zero-order chi connectivity index (χ0) is 14.1. The molecule has 1 aliphatic carbocycles. The van der Waals surface area contributed by atoms with Crippen molar-refractivity contribution in [3.8, 4) is 11.5 Å². The molecule has 3 rings (SSSR count). The molecule has 0 N–H and O–H groups in total. The fourth-order valence-corrected chi connectivity index (χ4v) is 3.06. The number of fused-ring (bicyclic) bond motifs is 1. The molecule has 0 aromatic carbocycles. The smallest absolute Gasteiger partial charge is 0.180 e. The molecule has 0 bridgehead atoms. The molecule has 0 atom stereocenters. The molecule has 0 amide bonds. The van der Waals surface area contributed by atoms with Crippen molar-refractivity contribution in [1.82, 2.24) is 15.0 Å². The molecule has 1 aliphatic rings. The van der Waals surface area contributed by atoms with Crippen LogP contribution in [0.3, 0.4) is 0 Å². The minimum absolute atomic E-state index is 0.605. The summed E-state index contributed by atoms with van der Waals surface area (Å²) in [6.45, 7) is 4.08. The van der Waals surface area contributed by atoms with Gasteiger partial charge >= 0.3 is 0 Å². The van der Waals surface area contributed by atoms with E-state index in [0.717, 1.165) is 40.9 Å². The second kappa shape index (κ2) is 5.49. The maximum atomic E-state index is 6.37. The third-order valence-corrected chi connectivity index (χ3v) is 4.12. The molecule has 3 nitrogen and oxygen atoms in total. The second-order valence-corrected chi connectivity index (χ2v) is 5.86. The van der Waals surface area contributed by atoms with E-state index in [1.165, 1.54) is 19.3 Å². The topological polar surface area (TPSA) is 38.7 Å². The molecular formula is C16H18ClN3. The molecule has 0 spiro atoms. The number of hydrogen-bond acceptors (Lipinski definition) is 3. The van der Waals surface area contributed by atoms with Crippen LogP contribution in [-0.4, -0.2) is 15.0 Å². The Hall–Kier alpha value is -1.48. The van der Waals surface area contributed by atoms with Gasteiger partial charge in [-0.3, -0.25) is 4.98 Å². The number of nitrogens with zero attached hydrogens (tertiary/aromatic N) is 3. The van der Waals surface area contributed by atoms with Gasteiger partial charge in [-0.2, -0.15) is 0 Å². The fraction of sp³-hybridized carbons (Fsp3) is 0.438. The van der Waals surface area contributed by atoms with Gasteiger partial charge in [0.25, 0.3) is 0 Å². The van der Waals surface area contributed by atoms with Crippen LogP contribution < -0.4 is 0 Å². The minimum Gasteiger partial charge on any atom is -0.252 e.